The SMILES string of the molecule is COc1ncccc1-c1nnc(CN)s1. The van der Waals surface area contributed by atoms with Gasteiger partial charge < -0.3 is 10.5 Å². The summed E-state index contributed by atoms with van der Waals surface area (Å²) in [6.45, 7) is 0.403. The van der Waals surface area contributed by atoms with E-state index in [-0.39, 0.29) is 0 Å². The molecule has 0 radical (unpaired) electrons. The molecule has 0 aliphatic rings. The van der Waals surface area contributed by atoms with E-state index in [0.717, 1.165) is 15.6 Å². The maximum atomic E-state index is 5.47. The lowest BCUT2D eigenvalue weighted by Gasteiger charge is -2.02. The van der Waals surface area contributed by atoms with Gasteiger partial charge in [0.15, 0.2) is 5.01 Å². The van der Waals surface area contributed by atoms with Gasteiger partial charge in [0.25, 0.3) is 0 Å². The van der Waals surface area contributed by atoms with Crippen molar-refractivity contribution in [2.45, 2.75) is 6.54 Å². The highest BCUT2D eigenvalue weighted by Crippen LogP contribution is 2.29. The molecule has 2 N–H and O–H groups in total. The third-order valence-electron chi connectivity index (χ3n) is 1.84. The van der Waals surface area contributed by atoms with Crippen LogP contribution in [-0.4, -0.2) is 22.3 Å². The Bertz CT molecular complexity index is 457. The van der Waals surface area contributed by atoms with Crippen molar-refractivity contribution in [1.29, 1.82) is 0 Å². The summed E-state index contributed by atoms with van der Waals surface area (Å²) in [7, 11) is 1.58. The van der Waals surface area contributed by atoms with Gasteiger partial charge in [-0.25, -0.2) is 4.98 Å². The first-order chi connectivity index (χ1) is 7.35. The molecule has 5 nitrogen and oxygen atoms in total. The fraction of sp³-hybridized carbons (Fsp3) is 0.222. The Labute approximate surface area is 90.9 Å². The van der Waals surface area contributed by atoms with E-state index < -0.39 is 0 Å². The standard InChI is InChI=1S/C9H10N4OS/c1-14-8-6(3-2-4-11-8)9-13-12-7(5-10)15-9/h2-4H,5,10H2,1H3. The van der Waals surface area contributed by atoms with Crippen LogP contribution in [0.2, 0.25) is 0 Å². The summed E-state index contributed by atoms with van der Waals surface area (Å²) in [5.41, 5.74) is 6.32. The number of nitrogens with two attached hydrogens (primary N) is 1. The first-order valence-corrected chi connectivity index (χ1v) is 5.18. The van der Waals surface area contributed by atoms with Crippen LogP contribution in [0.4, 0.5) is 0 Å². The number of aromatic nitrogens is 3. The molecular weight excluding hydrogens is 212 g/mol. The van der Waals surface area contributed by atoms with Gasteiger partial charge in [-0.15, -0.1) is 10.2 Å². The molecule has 0 aliphatic carbocycles. The van der Waals surface area contributed by atoms with E-state index >= 15 is 0 Å². The normalized spacial score (nSPS) is 10.3. The second-order valence-electron chi connectivity index (χ2n) is 2.77. The van der Waals surface area contributed by atoms with Crippen molar-refractivity contribution in [1.82, 2.24) is 15.2 Å². The number of methoxy groups -OCH3 is 1. The molecule has 2 rings (SSSR count). The average Bonchev–Trinajstić information content (AvgIpc) is 2.77. The fourth-order valence-corrected chi connectivity index (χ4v) is 1.90. The van der Waals surface area contributed by atoms with E-state index in [1.807, 2.05) is 12.1 Å². The van der Waals surface area contributed by atoms with Crippen molar-refractivity contribution < 1.29 is 4.74 Å². The van der Waals surface area contributed by atoms with Crippen LogP contribution in [0.5, 0.6) is 5.88 Å². The highest BCUT2D eigenvalue weighted by molar-refractivity contribution is 7.14. The summed E-state index contributed by atoms with van der Waals surface area (Å²) in [6.07, 6.45) is 1.67. The maximum absolute atomic E-state index is 5.47. The number of nitrogens with zero attached hydrogens (tertiary/aromatic N) is 3. The highest BCUT2D eigenvalue weighted by atomic mass is 32.1. The van der Waals surface area contributed by atoms with E-state index in [1.54, 1.807) is 13.3 Å². The topological polar surface area (TPSA) is 73.9 Å². The molecule has 0 atom stereocenters. The molecule has 6 heteroatoms. The van der Waals surface area contributed by atoms with Gasteiger partial charge in [0.2, 0.25) is 5.88 Å². The lowest BCUT2D eigenvalue weighted by molar-refractivity contribution is 0.399. The molecule has 2 aromatic heterocycles. The third-order valence-corrected chi connectivity index (χ3v) is 2.82. The van der Waals surface area contributed by atoms with Gasteiger partial charge in [-0.2, -0.15) is 0 Å². The van der Waals surface area contributed by atoms with Crippen molar-refractivity contribution in [2.24, 2.45) is 5.73 Å². The van der Waals surface area contributed by atoms with Gasteiger partial charge >= 0.3 is 0 Å². The Kier molecular flexibility index (Phi) is 2.89. The van der Waals surface area contributed by atoms with Crippen LogP contribution in [0.3, 0.4) is 0 Å². The van der Waals surface area contributed by atoms with Gasteiger partial charge in [-0.1, -0.05) is 11.3 Å². The van der Waals surface area contributed by atoms with Crippen molar-refractivity contribution >= 4 is 11.3 Å². The van der Waals surface area contributed by atoms with Crippen LogP contribution in [0.1, 0.15) is 5.01 Å². The Balaban J connectivity index is 2.44. The van der Waals surface area contributed by atoms with Gasteiger partial charge in [-0.3, -0.25) is 0 Å². The van der Waals surface area contributed by atoms with E-state index in [1.165, 1.54) is 11.3 Å². The van der Waals surface area contributed by atoms with E-state index in [0.29, 0.717) is 12.4 Å². The fourth-order valence-electron chi connectivity index (χ4n) is 1.16. The number of ether oxygens (including phenoxy) is 1. The van der Waals surface area contributed by atoms with Crippen LogP contribution in [0.15, 0.2) is 18.3 Å². The van der Waals surface area contributed by atoms with Crippen LogP contribution in [0.25, 0.3) is 10.6 Å². The predicted octanol–water partition coefficient (Wildman–Crippen LogP) is 1.07. The molecule has 0 unspecified atom stereocenters. The summed E-state index contributed by atoms with van der Waals surface area (Å²) in [4.78, 5) is 4.09. The molecule has 0 fully saturated rings. The Hall–Kier alpha value is -1.53. The Morgan fingerprint density at radius 3 is 3.00 bits per heavy atom. The molecule has 0 saturated carbocycles. The van der Waals surface area contributed by atoms with Crippen molar-refractivity contribution in [3.63, 3.8) is 0 Å². The summed E-state index contributed by atoms with van der Waals surface area (Å²) < 4.78 is 5.14. The molecule has 0 spiro atoms. The van der Waals surface area contributed by atoms with Crippen molar-refractivity contribution in [3.05, 3.63) is 23.3 Å². The lowest BCUT2D eigenvalue weighted by atomic mass is 10.3. The quantitative estimate of drug-likeness (QED) is 0.840. The van der Waals surface area contributed by atoms with E-state index in [2.05, 4.69) is 15.2 Å². The molecule has 0 aliphatic heterocycles. The molecule has 15 heavy (non-hydrogen) atoms. The van der Waals surface area contributed by atoms with E-state index in [4.69, 9.17) is 10.5 Å². The van der Waals surface area contributed by atoms with Gasteiger partial charge in [0, 0.05) is 12.7 Å². The highest BCUT2D eigenvalue weighted by Gasteiger charge is 2.11. The van der Waals surface area contributed by atoms with Crippen LogP contribution >= 0.6 is 11.3 Å². The largest absolute Gasteiger partial charge is 0.480 e. The molecule has 0 bridgehead atoms. The second kappa shape index (κ2) is 4.33. The molecule has 78 valence electrons. The summed E-state index contributed by atoms with van der Waals surface area (Å²) in [5, 5.41) is 9.56. The summed E-state index contributed by atoms with van der Waals surface area (Å²) >= 11 is 1.45. The average molecular weight is 222 g/mol. The first kappa shape index (κ1) is 10.0. The van der Waals surface area contributed by atoms with Crippen LogP contribution < -0.4 is 10.5 Å². The van der Waals surface area contributed by atoms with E-state index in [9.17, 15) is 0 Å². The van der Waals surface area contributed by atoms with Gasteiger partial charge in [-0.05, 0) is 12.1 Å². The minimum Gasteiger partial charge on any atom is -0.480 e. The van der Waals surface area contributed by atoms with Crippen LogP contribution in [0, 0.1) is 0 Å². The monoisotopic (exact) mass is 222 g/mol. The second-order valence-corrected chi connectivity index (χ2v) is 3.83. The number of rotatable bonds is 3. The Morgan fingerprint density at radius 2 is 2.33 bits per heavy atom. The predicted molar refractivity (Wildman–Crippen MR) is 57.6 cm³/mol. The minimum atomic E-state index is 0.403. The Morgan fingerprint density at radius 1 is 1.47 bits per heavy atom. The smallest absolute Gasteiger partial charge is 0.223 e. The summed E-state index contributed by atoms with van der Waals surface area (Å²) in [6, 6.07) is 3.73. The maximum Gasteiger partial charge on any atom is 0.223 e. The third kappa shape index (κ3) is 1.95. The molecular formula is C9H10N4OS. The summed E-state index contributed by atoms with van der Waals surface area (Å²) in [5.74, 6) is 0.553. The number of hydrogen-bond donors (Lipinski definition) is 1. The molecule has 0 amide bonds. The molecule has 0 aromatic carbocycles. The van der Waals surface area contributed by atoms with Crippen molar-refractivity contribution in [2.75, 3.05) is 7.11 Å². The number of hydrogen-bond acceptors (Lipinski definition) is 6. The van der Waals surface area contributed by atoms with Gasteiger partial charge in [0.05, 0.1) is 12.7 Å². The van der Waals surface area contributed by atoms with Gasteiger partial charge in [0.1, 0.15) is 5.01 Å². The first-order valence-electron chi connectivity index (χ1n) is 4.37. The molecule has 2 aromatic rings. The zero-order valence-corrected chi connectivity index (χ0v) is 8.99. The van der Waals surface area contributed by atoms with Crippen LogP contribution in [-0.2, 0) is 6.54 Å². The zero-order valence-electron chi connectivity index (χ0n) is 8.17. The minimum absolute atomic E-state index is 0.403. The zero-order chi connectivity index (χ0) is 10.7. The molecule has 2 heterocycles. The molecule has 0 saturated heterocycles. The number of pyridine rings is 1. The lowest BCUT2D eigenvalue weighted by Crippen LogP contribution is -1.94. The van der Waals surface area contributed by atoms with Crippen molar-refractivity contribution in [3.8, 4) is 16.5 Å².